The van der Waals surface area contributed by atoms with Crippen molar-refractivity contribution < 1.29 is 8.42 Å². The minimum absolute atomic E-state index is 0.321. The van der Waals surface area contributed by atoms with Gasteiger partial charge in [0.1, 0.15) is 0 Å². The molecule has 0 aliphatic heterocycles. The van der Waals surface area contributed by atoms with E-state index in [0.717, 1.165) is 15.6 Å². The summed E-state index contributed by atoms with van der Waals surface area (Å²) < 4.78 is 29.1. The molecular weight excluding hydrogens is 276 g/mol. The fraction of sp³-hybridized carbons (Fsp3) is 0.308. The maximum atomic E-state index is 11.8. The second-order valence-electron chi connectivity index (χ2n) is 4.67. The molecule has 108 valence electrons. The summed E-state index contributed by atoms with van der Waals surface area (Å²) >= 11 is 0. The van der Waals surface area contributed by atoms with E-state index >= 15 is 0 Å². The standard InChI is InChI=1S/C13H18N4O2S/c1-11(15-20(18,19)16(2)3)12-6-4-7-13(10-12)17-9-5-8-14-17/h4-11,15H,1-3H3. The zero-order chi connectivity index (χ0) is 14.8. The van der Waals surface area contributed by atoms with E-state index in [1.807, 2.05) is 43.5 Å². The molecule has 0 radical (unpaired) electrons. The van der Waals surface area contributed by atoms with Gasteiger partial charge in [0.15, 0.2) is 0 Å². The molecule has 1 atom stereocenters. The van der Waals surface area contributed by atoms with Gasteiger partial charge in [-0.2, -0.15) is 22.5 Å². The third kappa shape index (κ3) is 3.24. The first kappa shape index (κ1) is 14.7. The summed E-state index contributed by atoms with van der Waals surface area (Å²) in [4.78, 5) is 0. The molecule has 0 bridgehead atoms. The molecule has 0 saturated carbocycles. The van der Waals surface area contributed by atoms with Crippen LogP contribution in [-0.2, 0) is 10.2 Å². The summed E-state index contributed by atoms with van der Waals surface area (Å²) in [5.41, 5.74) is 1.77. The zero-order valence-corrected chi connectivity index (χ0v) is 12.5. The van der Waals surface area contributed by atoms with E-state index in [0.29, 0.717) is 0 Å². The van der Waals surface area contributed by atoms with Gasteiger partial charge in [-0.25, -0.2) is 4.68 Å². The summed E-state index contributed by atoms with van der Waals surface area (Å²) in [6, 6.07) is 9.12. The van der Waals surface area contributed by atoms with Gasteiger partial charge in [-0.1, -0.05) is 12.1 Å². The Kier molecular flexibility index (Phi) is 4.22. The number of nitrogens with zero attached hydrogens (tertiary/aromatic N) is 3. The quantitative estimate of drug-likeness (QED) is 0.904. The molecule has 2 aromatic rings. The largest absolute Gasteiger partial charge is 0.279 e. The number of benzene rings is 1. The molecule has 0 saturated heterocycles. The Morgan fingerprint density at radius 1 is 1.30 bits per heavy atom. The lowest BCUT2D eigenvalue weighted by Crippen LogP contribution is -2.37. The first-order valence-electron chi connectivity index (χ1n) is 6.20. The minimum atomic E-state index is -3.45. The normalized spacial score (nSPS) is 13.6. The van der Waals surface area contributed by atoms with Gasteiger partial charge < -0.3 is 0 Å². The van der Waals surface area contributed by atoms with Crippen molar-refractivity contribution in [2.75, 3.05) is 14.1 Å². The van der Waals surface area contributed by atoms with E-state index in [-0.39, 0.29) is 6.04 Å². The van der Waals surface area contributed by atoms with Crippen LogP contribution in [0.25, 0.3) is 5.69 Å². The lowest BCUT2D eigenvalue weighted by atomic mass is 10.1. The Balaban J connectivity index is 2.23. The van der Waals surface area contributed by atoms with Gasteiger partial charge in [0.2, 0.25) is 0 Å². The zero-order valence-electron chi connectivity index (χ0n) is 11.7. The van der Waals surface area contributed by atoms with Crippen LogP contribution in [0.4, 0.5) is 0 Å². The minimum Gasteiger partial charge on any atom is -0.241 e. The van der Waals surface area contributed by atoms with Crippen LogP contribution in [0, 0.1) is 0 Å². The van der Waals surface area contributed by atoms with Crippen LogP contribution in [0.5, 0.6) is 0 Å². The van der Waals surface area contributed by atoms with E-state index < -0.39 is 10.2 Å². The molecule has 1 unspecified atom stereocenters. The van der Waals surface area contributed by atoms with E-state index in [1.165, 1.54) is 14.1 Å². The monoisotopic (exact) mass is 294 g/mol. The fourth-order valence-electron chi connectivity index (χ4n) is 1.76. The van der Waals surface area contributed by atoms with E-state index in [9.17, 15) is 8.42 Å². The highest BCUT2D eigenvalue weighted by Gasteiger charge is 2.18. The molecule has 0 aliphatic carbocycles. The van der Waals surface area contributed by atoms with Gasteiger partial charge in [-0.3, -0.25) is 0 Å². The Labute approximate surface area is 119 Å². The molecule has 1 aromatic carbocycles. The average molecular weight is 294 g/mol. The predicted octanol–water partition coefficient (Wildman–Crippen LogP) is 1.33. The van der Waals surface area contributed by atoms with Crippen molar-refractivity contribution in [2.24, 2.45) is 0 Å². The van der Waals surface area contributed by atoms with Crippen LogP contribution < -0.4 is 4.72 Å². The summed E-state index contributed by atoms with van der Waals surface area (Å²) in [6.45, 7) is 1.81. The molecular formula is C13H18N4O2S. The molecule has 20 heavy (non-hydrogen) atoms. The second-order valence-corrected chi connectivity index (χ2v) is 6.59. The van der Waals surface area contributed by atoms with Crippen LogP contribution >= 0.6 is 0 Å². The summed E-state index contributed by atoms with van der Waals surface area (Å²) in [5.74, 6) is 0. The average Bonchev–Trinajstić information content (AvgIpc) is 2.92. The van der Waals surface area contributed by atoms with Gasteiger partial charge in [0, 0.05) is 32.5 Å². The van der Waals surface area contributed by atoms with Crippen molar-refractivity contribution in [2.45, 2.75) is 13.0 Å². The van der Waals surface area contributed by atoms with Crippen LogP contribution in [0.2, 0.25) is 0 Å². The summed E-state index contributed by atoms with van der Waals surface area (Å²) in [5, 5.41) is 4.16. The van der Waals surface area contributed by atoms with Crippen LogP contribution in [0.3, 0.4) is 0 Å². The van der Waals surface area contributed by atoms with Crippen LogP contribution in [0.1, 0.15) is 18.5 Å². The smallest absolute Gasteiger partial charge is 0.241 e. The van der Waals surface area contributed by atoms with Gasteiger partial charge in [-0.05, 0) is 30.7 Å². The number of rotatable bonds is 5. The first-order chi connectivity index (χ1) is 9.40. The number of nitrogens with one attached hydrogen (secondary N) is 1. The third-order valence-corrected chi connectivity index (χ3v) is 4.56. The molecule has 0 spiro atoms. The Morgan fingerprint density at radius 3 is 2.65 bits per heavy atom. The van der Waals surface area contributed by atoms with Crippen molar-refractivity contribution in [1.29, 1.82) is 0 Å². The van der Waals surface area contributed by atoms with Crippen molar-refractivity contribution in [3.63, 3.8) is 0 Å². The predicted molar refractivity (Wildman–Crippen MR) is 77.7 cm³/mol. The lowest BCUT2D eigenvalue weighted by molar-refractivity contribution is 0.494. The van der Waals surface area contributed by atoms with Gasteiger partial charge in [0.25, 0.3) is 10.2 Å². The second kappa shape index (κ2) is 5.74. The molecule has 1 aromatic heterocycles. The number of hydrogen-bond donors (Lipinski definition) is 1. The van der Waals surface area contributed by atoms with E-state index in [2.05, 4.69) is 9.82 Å². The molecule has 6 nitrogen and oxygen atoms in total. The van der Waals surface area contributed by atoms with Gasteiger partial charge >= 0.3 is 0 Å². The molecule has 7 heteroatoms. The highest BCUT2D eigenvalue weighted by molar-refractivity contribution is 7.87. The summed E-state index contributed by atoms with van der Waals surface area (Å²) in [7, 11) is -0.461. The van der Waals surface area contributed by atoms with Crippen molar-refractivity contribution in [3.8, 4) is 5.69 Å². The number of aromatic nitrogens is 2. The highest BCUT2D eigenvalue weighted by atomic mass is 32.2. The Hall–Kier alpha value is -1.70. The lowest BCUT2D eigenvalue weighted by Gasteiger charge is -2.18. The first-order valence-corrected chi connectivity index (χ1v) is 7.64. The molecule has 0 aliphatic rings. The molecule has 0 fully saturated rings. The maximum absolute atomic E-state index is 11.8. The maximum Gasteiger partial charge on any atom is 0.279 e. The fourth-order valence-corrected chi connectivity index (χ4v) is 2.55. The Morgan fingerprint density at radius 2 is 2.05 bits per heavy atom. The van der Waals surface area contributed by atoms with E-state index in [4.69, 9.17) is 0 Å². The molecule has 1 N–H and O–H groups in total. The van der Waals surface area contributed by atoms with Crippen molar-refractivity contribution in [1.82, 2.24) is 18.8 Å². The van der Waals surface area contributed by atoms with Crippen LogP contribution in [0.15, 0.2) is 42.7 Å². The number of hydrogen-bond acceptors (Lipinski definition) is 3. The Bertz CT molecular complexity index is 665. The van der Waals surface area contributed by atoms with Crippen molar-refractivity contribution >= 4 is 10.2 Å². The van der Waals surface area contributed by atoms with Gasteiger partial charge in [0.05, 0.1) is 5.69 Å². The third-order valence-electron chi connectivity index (χ3n) is 2.95. The molecule has 1 heterocycles. The topological polar surface area (TPSA) is 67.2 Å². The van der Waals surface area contributed by atoms with E-state index in [1.54, 1.807) is 10.9 Å². The van der Waals surface area contributed by atoms with Gasteiger partial charge in [-0.15, -0.1) is 0 Å². The molecule has 2 rings (SSSR count). The highest BCUT2D eigenvalue weighted by Crippen LogP contribution is 2.17. The SMILES string of the molecule is CC(NS(=O)(=O)N(C)C)c1cccc(-n2cccn2)c1. The summed E-state index contributed by atoms with van der Waals surface area (Å²) in [6.07, 6.45) is 3.54. The van der Waals surface area contributed by atoms with Crippen LogP contribution in [-0.4, -0.2) is 36.6 Å². The van der Waals surface area contributed by atoms with Crippen molar-refractivity contribution in [3.05, 3.63) is 48.3 Å². The molecule has 0 amide bonds.